The Morgan fingerprint density at radius 3 is 2.77 bits per heavy atom. The van der Waals surface area contributed by atoms with Gasteiger partial charge in [0.15, 0.2) is 5.82 Å². The molecule has 3 aromatic rings. The number of aromatic nitrogens is 3. The lowest BCUT2D eigenvalue weighted by molar-refractivity contribution is -0.116. The van der Waals surface area contributed by atoms with E-state index in [1.165, 1.54) is 0 Å². The molecule has 0 atom stereocenters. The van der Waals surface area contributed by atoms with Gasteiger partial charge >= 0.3 is 0 Å². The third kappa shape index (κ3) is 4.00. The number of methoxy groups -OCH3 is 2. The standard InChI is InChI=1S/C19H20N4O3/c1-25-15-7-8-17(26-2)14(13-15)6-9-18(24)22-16-5-3-10-20-19(16)23-12-4-11-21-23/h3-5,7-8,10-13H,6,9H2,1-2H3,(H,22,24). The van der Waals surface area contributed by atoms with E-state index < -0.39 is 0 Å². The molecule has 0 fully saturated rings. The van der Waals surface area contributed by atoms with E-state index in [-0.39, 0.29) is 5.91 Å². The van der Waals surface area contributed by atoms with Crippen LogP contribution in [0, 0.1) is 0 Å². The van der Waals surface area contributed by atoms with Gasteiger partial charge in [-0.05, 0) is 48.4 Å². The van der Waals surface area contributed by atoms with Gasteiger partial charge in [-0.1, -0.05) is 0 Å². The summed E-state index contributed by atoms with van der Waals surface area (Å²) in [6, 6.07) is 10.9. The third-order valence-electron chi connectivity index (χ3n) is 3.89. The summed E-state index contributed by atoms with van der Waals surface area (Å²) in [5.74, 6) is 1.92. The first kappa shape index (κ1) is 17.5. The highest BCUT2D eigenvalue weighted by atomic mass is 16.5. The van der Waals surface area contributed by atoms with E-state index in [0.29, 0.717) is 24.3 Å². The number of ether oxygens (including phenoxy) is 2. The molecule has 1 N–H and O–H groups in total. The number of pyridine rings is 1. The summed E-state index contributed by atoms with van der Waals surface area (Å²) < 4.78 is 12.2. The Balaban J connectivity index is 1.69. The van der Waals surface area contributed by atoms with Gasteiger partial charge in [-0.2, -0.15) is 5.10 Å². The average molecular weight is 352 g/mol. The maximum atomic E-state index is 12.4. The monoisotopic (exact) mass is 352 g/mol. The minimum absolute atomic E-state index is 0.115. The van der Waals surface area contributed by atoms with Crippen LogP contribution in [0.5, 0.6) is 11.5 Å². The molecule has 26 heavy (non-hydrogen) atoms. The number of rotatable bonds is 7. The van der Waals surface area contributed by atoms with Crippen molar-refractivity contribution in [2.24, 2.45) is 0 Å². The minimum atomic E-state index is -0.115. The number of hydrogen-bond donors (Lipinski definition) is 1. The highest BCUT2D eigenvalue weighted by Gasteiger charge is 2.12. The van der Waals surface area contributed by atoms with Gasteiger partial charge in [0.2, 0.25) is 5.91 Å². The molecule has 3 rings (SSSR count). The first-order valence-corrected chi connectivity index (χ1v) is 8.17. The molecule has 0 saturated carbocycles. The van der Waals surface area contributed by atoms with Crippen molar-refractivity contribution in [3.05, 3.63) is 60.6 Å². The number of hydrogen-bond acceptors (Lipinski definition) is 5. The Morgan fingerprint density at radius 1 is 1.15 bits per heavy atom. The highest BCUT2D eigenvalue weighted by molar-refractivity contribution is 5.92. The summed E-state index contributed by atoms with van der Waals surface area (Å²) in [5.41, 5.74) is 1.53. The summed E-state index contributed by atoms with van der Waals surface area (Å²) in [6.07, 6.45) is 5.93. The Bertz CT molecular complexity index is 878. The van der Waals surface area contributed by atoms with Gasteiger partial charge < -0.3 is 14.8 Å². The number of amides is 1. The molecule has 0 bridgehead atoms. The SMILES string of the molecule is COc1ccc(OC)c(CCC(=O)Nc2cccnc2-n2cccn2)c1. The van der Waals surface area contributed by atoms with E-state index in [9.17, 15) is 4.79 Å². The predicted octanol–water partition coefficient (Wildman–Crippen LogP) is 2.86. The van der Waals surface area contributed by atoms with Crippen LogP contribution in [0.25, 0.3) is 5.82 Å². The summed E-state index contributed by atoms with van der Waals surface area (Å²) in [4.78, 5) is 16.7. The molecule has 2 aromatic heterocycles. The van der Waals surface area contributed by atoms with E-state index in [1.807, 2.05) is 18.2 Å². The zero-order valence-electron chi connectivity index (χ0n) is 14.7. The fourth-order valence-electron chi connectivity index (χ4n) is 2.61. The number of aryl methyl sites for hydroxylation is 1. The largest absolute Gasteiger partial charge is 0.497 e. The van der Waals surface area contributed by atoms with Crippen molar-refractivity contribution in [2.75, 3.05) is 19.5 Å². The first-order chi connectivity index (χ1) is 12.7. The van der Waals surface area contributed by atoms with Crippen LogP contribution >= 0.6 is 0 Å². The van der Waals surface area contributed by atoms with Crippen molar-refractivity contribution >= 4 is 11.6 Å². The van der Waals surface area contributed by atoms with Crippen LogP contribution in [-0.4, -0.2) is 34.9 Å². The minimum Gasteiger partial charge on any atom is -0.497 e. The summed E-state index contributed by atoms with van der Waals surface area (Å²) in [5, 5.41) is 7.06. The summed E-state index contributed by atoms with van der Waals surface area (Å²) in [7, 11) is 3.22. The Kier molecular flexibility index (Phi) is 5.48. The molecular weight excluding hydrogens is 332 g/mol. The Hall–Kier alpha value is -3.35. The van der Waals surface area contributed by atoms with Gasteiger partial charge in [-0.15, -0.1) is 0 Å². The Labute approximate surface area is 151 Å². The molecule has 0 aliphatic carbocycles. The van der Waals surface area contributed by atoms with Crippen molar-refractivity contribution in [1.29, 1.82) is 0 Å². The van der Waals surface area contributed by atoms with Crippen molar-refractivity contribution in [3.8, 4) is 17.3 Å². The zero-order valence-corrected chi connectivity index (χ0v) is 14.7. The van der Waals surface area contributed by atoms with Crippen molar-refractivity contribution < 1.29 is 14.3 Å². The van der Waals surface area contributed by atoms with Gasteiger partial charge in [0.25, 0.3) is 0 Å². The average Bonchev–Trinajstić information content (AvgIpc) is 3.21. The number of nitrogens with one attached hydrogen (secondary N) is 1. The number of carbonyl (C=O) groups is 1. The maximum absolute atomic E-state index is 12.4. The molecule has 7 nitrogen and oxygen atoms in total. The third-order valence-corrected chi connectivity index (χ3v) is 3.89. The first-order valence-electron chi connectivity index (χ1n) is 8.17. The van der Waals surface area contributed by atoms with E-state index in [1.54, 1.807) is 55.7 Å². The lowest BCUT2D eigenvalue weighted by Crippen LogP contribution is -2.15. The molecule has 134 valence electrons. The lowest BCUT2D eigenvalue weighted by atomic mass is 10.1. The van der Waals surface area contributed by atoms with Crippen LogP contribution in [0.1, 0.15) is 12.0 Å². The van der Waals surface area contributed by atoms with Crippen LogP contribution in [0.3, 0.4) is 0 Å². The van der Waals surface area contributed by atoms with Gasteiger partial charge in [0.05, 0.1) is 19.9 Å². The zero-order chi connectivity index (χ0) is 18.4. The number of benzene rings is 1. The maximum Gasteiger partial charge on any atom is 0.224 e. The molecule has 2 heterocycles. The predicted molar refractivity (Wildman–Crippen MR) is 97.9 cm³/mol. The van der Waals surface area contributed by atoms with Gasteiger partial charge in [0, 0.05) is 25.0 Å². The summed E-state index contributed by atoms with van der Waals surface area (Å²) in [6.45, 7) is 0. The second-order valence-corrected chi connectivity index (χ2v) is 5.55. The Morgan fingerprint density at radius 2 is 2.04 bits per heavy atom. The van der Waals surface area contributed by atoms with Crippen LogP contribution < -0.4 is 14.8 Å². The van der Waals surface area contributed by atoms with Crippen molar-refractivity contribution in [3.63, 3.8) is 0 Å². The number of anilines is 1. The molecular formula is C19H20N4O3. The fraction of sp³-hybridized carbons (Fsp3) is 0.211. The van der Waals surface area contributed by atoms with E-state index >= 15 is 0 Å². The van der Waals surface area contributed by atoms with E-state index in [2.05, 4.69) is 15.4 Å². The van der Waals surface area contributed by atoms with Crippen molar-refractivity contribution in [2.45, 2.75) is 12.8 Å². The van der Waals surface area contributed by atoms with Crippen molar-refractivity contribution in [1.82, 2.24) is 14.8 Å². The van der Waals surface area contributed by atoms with Crippen LogP contribution in [0.2, 0.25) is 0 Å². The lowest BCUT2D eigenvalue weighted by Gasteiger charge is -2.12. The molecule has 0 spiro atoms. The second kappa shape index (κ2) is 8.15. The number of nitrogens with zero attached hydrogens (tertiary/aromatic N) is 3. The fourth-order valence-corrected chi connectivity index (χ4v) is 2.61. The topological polar surface area (TPSA) is 78.3 Å². The molecule has 0 aliphatic rings. The molecule has 0 aliphatic heterocycles. The molecule has 0 saturated heterocycles. The normalized spacial score (nSPS) is 10.4. The molecule has 7 heteroatoms. The molecule has 1 aromatic carbocycles. The highest BCUT2D eigenvalue weighted by Crippen LogP contribution is 2.25. The summed E-state index contributed by atoms with van der Waals surface area (Å²) >= 11 is 0. The van der Waals surface area contributed by atoms with Gasteiger partial charge in [-0.25, -0.2) is 9.67 Å². The van der Waals surface area contributed by atoms with E-state index in [0.717, 1.165) is 17.1 Å². The quantitative estimate of drug-likeness (QED) is 0.707. The van der Waals surface area contributed by atoms with Gasteiger partial charge in [-0.3, -0.25) is 4.79 Å². The van der Waals surface area contributed by atoms with Crippen LogP contribution in [0.15, 0.2) is 55.0 Å². The van der Waals surface area contributed by atoms with Crippen LogP contribution in [0.4, 0.5) is 5.69 Å². The smallest absolute Gasteiger partial charge is 0.224 e. The number of carbonyl (C=O) groups excluding carboxylic acids is 1. The van der Waals surface area contributed by atoms with Crippen LogP contribution in [-0.2, 0) is 11.2 Å². The molecule has 0 radical (unpaired) electrons. The van der Waals surface area contributed by atoms with Gasteiger partial charge in [0.1, 0.15) is 11.5 Å². The van der Waals surface area contributed by atoms with E-state index in [4.69, 9.17) is 9.47 Å². The second-order valence-electron chi connectivity index (χ2n) is 5.55. The molecule has 1 amide bonds. The molecule has 0 unspecified atom stereocenters.